The molecule has 0 amide bonds. The average molecular weight is 423 g/mol. The van der Waals surface area contributed by atoms with Gasteiger partial charge in [0.25, 0.3) is 0 Å². The lowest BCUT2D eigenvalue weighted by Gasteiger charge is -2.35. The summed E-state index contributed by atoms with van der Waals surface area (Å²) in [5, 5.41) is 11.3. The normalized spacial score (nSPS) is 12.5. The predicted molar refractivity (Wildman–Crippen MR) is 128 cm³/mol. The van der Waals surface area contributed by atoms with Gasteiger partial charge in [-0.05, 0) is 49.7 Å². The minimum atomic E-state index is -1.70. The molecule has 1 N–H and O–H groups in total. The summed E-state index contributed by atoms with van der Waals surface area (Å²) in [7, 11) is 16.8. The largest absolute Gasteiger partial charge is 0.392 e. The van der Waals surface area contributed by atoms with Gasteiger partial charge in [-0.15, -0.1) is 16.4 Å². The van der Waals surface area contributed by atoms with Crippen LogP contribution < -0.4 is 5.32 Å². The first-order valence-corrected chi connectivity index (χ1v) is 10.6. The van der Waals surface area contributed by atoms with Crippen LogP contribution in [-0.4, -0.2) is 49.0 Å². The SMILES string of the molecule is [B]C([B])([B])OC(C)(C)c1ccc(CNc2ncnc3c2sc2nnc(C)c(C)c23)cc1. The van der Waals surface area contributed by atoms with E-state index in [0.29, 0.717) is 6.54 Å². The quantitative estimate of drug-likeness (QED) is 0.481. The van der Waals surface area contributed by atoms with E-state index in [0.717, 1.165) is 48.6 Å². The van der Waals surface area contributed by atoms with Crippen molar-refractivity contribution in [3.05, 3.63) is 53.0 Å². The summed E-state index contributed by atoms with van der Waals surface area (Å²) in [4.78, 5) is 9.81. The molecule has 1 aromatic carbocycles. The van der Waals surface area contributed by atoms with Gasteiger partial charge in [-0.3, -0.25) is 0 Å². The number of thiophene rings is 1. The van der Waals surface area contributed by atoms with Crippen LogP contribution in [0.3, 0.4) is 0 Å². The van der Waals surface area contributed by atoms with Crippen LogP contribution in [0.15, 0.2) is 30.6 Å². The van der Waals surface area contributed by atoms with Crippen LogP contribution in [0.4, 0.5) is 5.82 Å². The molecule has 0 aliphatic rings. The number of anilines is 1. The van der Waals surface area contributed by atoms with Crippen molar-refractivity contribution in [2.75, 3.05) is 5.32 Å². The van der Waals surface area contributed by atoms with Gasteiger partial charge in [0.1, 0.15) is 17.0 Å². The maximum atomic E-state index is 5.60. The van der Waals surface area contributed by atoms with Gasteiger partial charge in [-0.1, -0.05) is 24.3 Å². The third-order valence-electron chi connectivity index (χ3n) is 5.20. The molecular weight excluding hydrogens is 403 g/mol. The molecule has 0 spiro atoms. The Morgan fingerprint density at radius 2 is 1.74 bits per heavy atom. The van der Waals surface area contributed by atoms with Gasteiger partial charge in [-0.2, -0.15) is 5.10 Å². The van der Waals surface area contributed by atoms with Crippen molar-refractivity contribution in [3.8, 4) is 0 Å². The number of benzene rings is 1. The minimum absolute atomic E-state index is 0.597. The molecule has 4 aromatic rings. The number of fused-ring (bicyclic) bond motifs is 3. The first-order chi connectivity index (χ1) is 14.5. The summed E-state index contributed by atoms with van der Waals surface area (Å²) in [5.41, 5.74) is 4.17. The van der Waals surface area contributed by atoms with E-state index in [-0.39, 0.29) is 0 Å². The molecule has 31 heavy (non-hydrogen) atoms. The van der Waals surface area contributed by atoms with E-state index in [2.05, 4.69) is 25.5 Å². The molecule has 0 aliphatic carbocycles. The molecule has 0 fully saturated rings. The third-order valence-corrected chi connectivity index (χ3v) is 6.27. The molecule has 0 bridgehead atoms. The summed E-state index contributed by atoms with van der Waals surface area (Å²) < 4.78 is 6.54. The van der Waals surface area contributed by atoms with Crippen molar-refractivity contribution < 1.29 is 4.74 Å². The van der Waals surface area contributed by atoms with Crippen LogP contribution in [0.1, 0.15) is 36.2 Å². The molecule has 0 aliphatic heterocycles. The molecule has 0 atom stereocenters. The summed E-state index contributed by atoms with van der Waals surface area (Å²) in [6.45, 7) is 8.33. The molecule has 3 aromatic heterocycles. The summed E-state index contributed by atoms with van der Waals surface area (Å²) in [6.07, 6.45) is 1.58. The minimum Gasteiger partial charge on any atom is -0.392 e. The highest BCUT2D eigenvalue weighted by Crippen LogP contribution is 2.36. The highest BCUT2D eigenvalue weighted by molar-refractivity contribution is 7.25. The highest BCUT2D eigenvalue weighted by Gasteiger charge is 2.26. The van der Waals surface area contributed by atoms with Gasteiger partial charge in [0.15, 0.2) is 0 Å². The van der Waals surface area contributed by atoms with Crippen LogP contribution in [0.25, 0.3) is 20.4 Å². The van der Waals surface area contributed by atoms with E-state index < -0.39 is 10.9 Å². The Kier molecular flexibility index (Phi) is 5.56. The number of aromatic nitrogens is 4. The second-order valence-corrected chi connectivity index (χ2v) is 9.11. The van der Waals surface area contributed by atoms with Crippen LogP contribution in [0.2, 0.25) is 0 Å². The number of hydrogen-bond acceptors (Lipinski definition) is 7. The Bertz CT molecular complexity index is 1250. The maximum absolute atomic E-state index is 5.60. The van der Waals surface area contributed by atoms with Crippen molar-refractivity contribution in [1.82, 2.24) is 20.2 Å². The fourth-order valence-electron chi connectivity index (χ4n) is 3.52. The Morgan fingerprint density at radius 1 is 1.03 bits per heavy atom. The smallest absolute Gasteiger partial charge is 0.149 e. The number of hydrogen-bond donors (Lipinski definition) is 1. The topological polar surface area (TPSA) is 72.8 Å². The van der Waals surface area contributed by atoms with Crippen molar-refractivity contribution in [2.45, 2.75) is 45.1 Å². The number of nitrogens with zero attached hydrogens (tertiary/aromatic N) is 4. The molecule has 4 rings (SSSR count). The number of ether oxygens (including phenoxy) is 1. The van der Waals surface area contributed by atoms with E-state index in [9.17, 15) is 0 Å². The third kappa shape index (κ3) is 4.45. The second-order valence-electron chi connectivity index (χ2n) is 8.11. The van der Waals surface area contributed by atoms with Gasteiger partial charge >= 0.3 is 0 Å². The fraction of sp³-hybridized carbons (Fsp3) is 0.333. The average Bonchev–Trinajstić information content (AvgIpc) is 3.07. The lowest BCUT2D eigenvalue weighted by atomic mass is 9.52. The van der Waals surface area contributed by atoms with Gasteiger partial charge in [0.05, 0.1) is 45.1 Å². The molecule has 6 radical (unpaired) electrons. The van der Waals surface area contributed by atoms with E-state index in [4.69, 9.17) is 28.3 Å². The van der Waals surface area contributed by atoms with Gasteiger partial charge < -0.3 is 10.1 Å². The summed E-state index contributed by atoms with van der Waals surface area (Å²) in [6, 6.07) is 7.97. The van der Waals surface area contributed by atoms with Gasteiger partial charge in [0.2, 0.25) is 0 Å². The molecule has 0 saturated heterocycles. The molecule has 3 heterocycles. The lowest BCUT2D eigenvalue weighted by molar-refractivity contribution is -0.0286. The molecule has 10 heteroatoms. The Balaban J connectivity index is 1.56. The first-order valence-electron chi connectivity index (χ1n) is 9.82. The lowest BCUT2D eigenvalue weighted by Crippen LogP contribution is -2.41. The van der Waals surface area contributed by atoms with Crippen molar-refractivity contribution >= 4 is 61.1 Å². The van der Waals surface area contributed by atoms with E-state index in [1.165, 1.54) is 0 Å². The van der Waals surface area contributed by atoms with Crippen molar-refractivity contribution in [1.29, 1.82) is 0 Å². The monoisotopic (exact) mass is 423 g/mol. The van der Waals surface area contributed by atoms with Crippen LogP contribution >= 0.6 is 11.3 Å². The highest BCUT2D eigenvalue weighted by atomic mass is 32.1. The maximum Gasteiger partial charge on any atom is 0.149 e. The molecule has 0 saturated carbocycles. The number of nitrogens with one attached hydrogen (secondary N) is 1. The zero-order valence-corrected chi connectivity index (χ0v) is 18.7. The van der Waals surface area contributed by atoms with Crippen molar-refractivity contribution in [2.24, 2.45) is 0 Å². The number of aryl methyl sites for hydroxylation is 2. The van der Waals surface area contributed by atoms with E-state index in [1.54, 1.807) is 17.7 Å². The van der Waals surface area contributed by atoms with Crippen LogP contribution in [-0.2, 0) is 16.9 Å². The Morgan fingerprint density at radius 3 is 2.42 bits per heavy atom. The zero-order valence-electron chi connectivity index (χ0n) is 17.9. The van der Waals surface area contributed by atoms with Gasteiger partial charge in [-0.25, -0.2) is 9.97 Å². The summed E-state index contributed by atoms with van der Waals surface area (Å²) >= 11 is 1.54. The predicted octanol–water partition coefficient (Wildman–Crippen LogP) is 3.23. The Labute approximate surface area is 189 Å². The first kappa shape index (κ1) is 21.8. The standard InChI is InChI=1S/C21H20B3N5OS/c1-11-12(2)28-29-19-15(11)16-17(31-19)18(27-10-26-16)25-9-13-5-7-14(8-6-13)20(3,4)30-21(22,23)24/h5-8,10H,9H2,1-4H3,(H,25,26,27). The molecule has 6 nitrogen and oxygen atoms in total. The van der Waals surface area contributed by atoms with E-state index in [1.807, 2.05) is 52.0 Å². The van der Waals surface area contributed by atoms with Crippen molar-refractivity contribution in [3.63, 3.8) is 0 Å². The fourth-order valence-corrected chi connectivity index (χ4v) is 4.62. The van der Waals surface area contributed by atoms with Crippen LogP contribution in [0.5, 0.6) is 0 Å². The van der Waals surface area contributed by atoms with E-state index >= 15 is 0 Å². The molecule has 0 unspecified atom stereocenters. The van der Waals surface area contributed by atoms with Crippen LogP contribution in [0, 0.1) is 13.8 Å². The van der Waals surface area contributed by atoms with Gasteiger partial charge in [0, 0.05) is 11.9 Å². The Hall–Kier alpha value is -2.45. The summed E-state index contributed by atoms with van der Waals surface area (Å²) in [5.74, 6) is 0.775. The second kappa shape index (κ2) is 7.91. The molecular formula is C21H20B3N5OS. The number of rotatable bonds is 6. The zero-order chi connectivity index (χ0) is 22.4. The molecule has 150 valence electrons.